The zero-order valence-corrected chi connectivity index (χ0v) is 10.6. The van der Waals surface area contributed by atoms with Crippen molar-refractivity contribution in [3.8, 4) is 5.75 Å². The van der Waals surface area contributed by atoms with Crippen molar-refractivity contribution in [2.24, 2.45) is 0 Å². The van der Waals surface area contributed by atoms with Crippen molar-refractivity contribution in [3.63, 3.8) is 0 Å². The molecule has 0 heterocycles. The Kier molecular flexibility index (Phi) is 7.57. The maximum Gasteiger partial charge on any atom is 0.119 e. The largest absolute Gasteiger partial charge is 0.492 e. The summed E-state index contributed by atoms with van der Waals surface area (Å²) in [7, 11) is 0. The highest BCUT2D eigenvalue weighted by Crippen LogP contribution is 2.14. The van der Waals surface area contributed by atoms with E-state index in [1.54, 1.807) is 0 Å². The summed E-state index contributed by atoms with van der Waals surface area (Å²) in [6, 6.07) is 7.90. The number of hydrogen-bond acceptors (Lipinski definition) is 2. The molecule has 4 heteroatoms. The van der Waals surface area contributed by atoms with Crippen LogP contribution in [0.3, 0.4) is 0 Å². The summed E-state index contributed by atoms with van der Waals surface area (Å²) in [6.45, 7) is 5.77. The van der Waals surface area contributed by atoms with Crippen molar-refractivity contribution in [1.82, 2.24) is 5.32 Å². The van der Waals surface area contributed by atoms with Gasteiger partial charge in [-0.05, 0) is 24.3 Å². The third kappa shape index (κ3) is 6.61. The average Bonchev–Trinajstić information content (AvgIpc) is 2.15. The Balaban J connectivity index is 0.00000196. The molecule has 1 aromatic carbocycles. The molecule has 0 unspecified atom stereocenters. The van der Waals surface area contributed by atoms with Crippen molar-refractivity contribution in [2.45, 2.75) is 19.9 Å². The van der Waals surface area contributed by atoms with Crippen LogP contribution >= 0.6 is 24.0 Å². The van der Waals surface area contributed by atoms with Gasteiger partial charge in [0, 0.05) is 17.6 Å². The fraction of sp³-hybridized carbons (Fsp3) is 0.455. The Labute approximate surface area is 102 Å². The molecule has 0 aliphatic heterocycles. The van der Waals surface area contributed by atoms with Crippen LogP contribution in [0.5, 0.6) is 5.75 Å². The highest BCUT2D eigenvalue weighted by molar-refractivity contribution is 6.30. The summed E-state index contributed by atoms with van der Waals surface area (Å²) in [5, 5.41) is 4.01. The molecular weight excluding hydrogens is 233 g/mol. The zero-order valence-electron chi connectivity index (χ0n) is 9.00. The van der Waals surface area contributed by atoms with Crippen LogP contribution in [0, 0.1) is 0 Å². The van der Waals surface area contributed by atoms with Crippen molar-refractivity contribution < 1.29 is 4.74 Å². The minimum atomic E-state index is 0. The quantitative estimate of drug-likeness (QED) is 0.810. The van der Waals surface area contributed by atoms with Gasteiger partial charge in [0.1, 0.15) is 12.4 Å². The Bertz CT molecular complexity index is 262. The van der Waals surface area contributed by atoms with Gasteiger partial charge in [0.05, 0.1) is 0 Å². The summed E-state index contributed by atoms with van der Waals surface area (Å²) >= 11 is 5.75. The van der Waals surface area contributed by atoms with Crippen LogP contribution in [0.15, 0.2) is 24.3 Å². The van der Waals surface area contributed by atoms with Gasteiger partial charge in [-0.1, -0.05) is 25.4 Å². The van der Waals surface area contributed by atoms with Gasteiger partial charge >= 0.3 is 0 Å². The molecule has 0 radical (unpaired) electrons. The second kappa shape index (κ2) is 7.80. The SMILES string of the molecule is CC(C)NCCOc1ccc(Cl)cc1.Cl. The maximum absolute atomic E-state index is 5.75. The first-order chi connectivity index (χ1) is 6.68. The Morgan fingerprint density at radius 3 is 2.40 bits per heavy atom. The van der Waals surface area contributed by atoms with Crippen molar-refractivity contribution in [2.75, 3.05) is 13.2 Å². The topological polar surface area (TPSA) is 21.3 Å². The molecule has 0 atom stereocenters. The van der Waals surface area contributed by atoms with Crippen molar-refractivity contribution in [1.29, 1.82) is 0 Å². The second-order valence-electron chi connectivity index (χ2n) is 3.41. The van der Waals surface area contributed by atoms with Crippen molar-refractivity contribution >= 4 is 24.0 Å². The normalized spacial score (nSPS) is 9.87. The van der Waals surface area contributed by atoms with E-state index in [2.05, 4.69) is 19.2 Å². The lowest BCUT2D eigenvalue weighted by atomic mass is 10.3. The molecule has 0 bridgehead atoms. The average molecular weight is 250 g/mol. The summed E-state index contributed by atoms with van der Waals surface area (Å²) in [5.74, 6) is 0.861. The van der Waals surface area contributed by atoms with E-state index in [0.29, 0.717) is 12.6 Å². The predicted octanol–water partition coefficient (Wildman–Crippen LogP) is 3.14. The summed E-state index contributed by atoms with van der Waals surface area (Å²) in [6.07, 6.45) is 0. The Hall–Kier alpha value is -0.440. The van der Waals surface area contributed by atoms with E-state index in [9.17, 15) is 0 Å². The van der Waals surface area contributed by atoms with Gasteiger partial charge in [0.15, 0.2) is 0 Å². The van der Waals surface area contributed by atoms with Crippen LogP contribution in [-0.2, 0) is 0 Å². The molecule has 86 valence electrons. The van der Waals surface area contributed by atoms with E-state index >= 15 is 0 Å². The van der Waals surface area contributed by atoms with E-state index in [1.165, 1.54) is 0 Å². The van der Waals surface area contributed by atoms with Gasteiger partial charge in [0.2, 0.25) is 0 Å². The third-order valence-corrected chi connectivity index (χ3v) is 1.99. The van der Waals surface area contributed by atoms with Crippen LogP contribution < -0.4 is 10.1 Å². The molecule has 2 nitrogen and oxygen atoms in total. The van der Waals surface area contributed by atoms with Gasteiger partial charge < -0.3 is 10.1 Å². The summed E-state index contributed by atoms with van der Waals surface area (Å²) < 4.78 is 5.49. The Morgan fingerprint density at radius 2 is 1.87 bits per heavy atom. The van der Waals surface area contributed by atoms with E-state index in [0.717, 1.165) is 17.3 Å². The van der Waals surface area contributed by atoms with Gasteiger partial charge in [-0.15, -0.1) is 12.4 Å². The van der Waals surface area contributed by atoms with E-state index in [-0.39, 0.29) is 12.4 Å². The lowest BCUT2D eigenvalue weighted by molar-refractivity contribution is 0.309. The third-order valence-electron chi connectivity index (χ3n) is 1.74. The molecule has 0 amide bonds. The minimum Gasteiger partial charge on any atom is -0.492 e. The lowest BCUT2D eigenvalue weighted by Gasteiger charge is -2.09. The molecule has 0 spiro atoms. The minimum absolute atomic E-state index is 0. The lowest BCUT2D eigenvalue weighted by Crippen LogP contribution is -2.27. The van der Waals surface area contributed by atoms with Crippen LogP contribution in [0.2, 0.25) is 5.02 Å². The molecule has 1 aromatic rings. The van der Waals surface area contributed by atoms with E-state index < -0.39 is 0 Å². The molecule has 15 heavy (non-hydrogen) atoms. The zero-order chi connectivity index (χ0) is 10.4. The number of nitrogens with one attached hydrogen (secondary N) is 1. The van der Waals surface area contributed by atoms with E-state index in [1.807, 2.05) is 24.3 Å². The van der Waals surface area contributed by atoms with Crippen LogP contribution in [0.1, 0.15) is 13.8 Å². The first-order valence-electron chi connectivity index (χ1n) is 4.80. The summed E-state index contributed by atoms with van der Waals surface area (Å²) in [5.41, 5.74) is 0. The molecule has 0 saturated carbocycles. The first-order valence-corrected chi connectivity index (χ1v) is 5.18. The van der Waals surface area contributed by atoms with Crippen LogP contribution in [0.4, 0.5) is 0 Å². The smallest absolute Gasteiger partial charge is 0.119 e. The van der Waals surface area contributed by atoms with E-state index in [4.69, 9.17) is 16.3 Å². The molecule has 0 fully saturated rings. The predicted molar refractivity (Wildman–Crippen MR) is 67.3 cm³/mol. The molecular formula is C11H17Cl2NO. The molecule has 0 aliphatic rings. The number of rotatable bonds is 5. The van der Waals surface area contributed by atoms with Crippen LogP contribution in [-0.4, -0.2) is 19.2 Å². The molecule has 0 aromatic heterocycles. The molecule has 0 saturated heterocycles. The highest BCUT2D eigenvalue weighted by Gasteiger charge is 1.94. The number of hydrogen-bond donors (Lipinski definition) is 1. The molecule has 0 aliphatic carbocycles. The maximum atomic E-state index is 5.75. The van der Waals surface area contributed by atoms with Crippen molar-refractivity contribution in [3.05, 3.63) is 29.3 Å². The van der Waals surface area contributed by atoms with Gasteiger partial charge in [-0.2, -0.15) is 0 Å². The Morgan fingerprint density at radius 1 is 1.27 bits per heavy atom. The monoisotopic (exact) mass is 249 g/mol. The number of halogens is 2. The molecule has 1 rings (SSSR count). The van der Waals surface area contributed by atoms with Gasteiger partial charge in [0.25, 0.3) is 0 Å². The summed E-state index contributed by atoms with van der Waals surface area (Å²) in [4.78, 5) is 0. The van der Waals surface area contributed by atoms with Gasteiger partial charge in [-0.3, -0.25) is 0 Å². The highest BCUT2D eigenvalue weighted by atomic mass is 35.5. The standard InChI is InChI=1S/C11H16ClNO.ClH/c1-9(2)13-7-8-14-11-5-3-10(12)4-6-11;/h3-6,9,13H,7-8H2,1-2H3;1H. The number of ether oxygens (including phenoxy) is 1. The van der Waals surface area contributed by atoms with Crippen LogP contribution in [0.25, 0.3) is 0 Å². The fourth-order valence-corrected chi connectivity index (χ4v) is 1.17. The molecule has 1 N–H and O–H groups in total. The second-order valence-corrected chi connectivity index (χ2v) is 3.85. The first kappa shape index (κ1) is 14.6. The fourth-order valence-electron chi connectivity index (χ4n) is 1.05. The number of benzene rings is 1. The van der Waals surface area contributed by atoms with Gasteiger partial charge in [-0.25, -0.2) is 0 Å².